The summed E-state index contributed by atoms with van der Waals surface area (Å²) in [5.41, 5.74) is 0.636. The van der Waals surface area contributed by atoms with Gasteiger partial charge < -0.3 is 19.1 Å². The molecular weight excluding hydrogens is 367 g/mol. The zero-order valence-electron chi connectivity index (χ0n) is 14.4. The van der Waals surface area contributed by atoms with Crippen molar-refractivity contribution >= 4 is 35.2 Å². The van der Waals surface area contributed by atoms with Crippen LogP contribution in [0.5, 0.6) is 11.5 Å². The molecule has 25 heavy (non-hydrogen) atoms. The topological polar surface area (TPSA) is 49.8 Å². The lowest BCUT2D eigenvalue weighted by Crippen LogP contribution is -2.41. The van der Waals surface area contributed by atoms with Gasteiger partial charge >= 0.3 is 0 Å². The van der Waals surface area contributed by atoms with Gasteiger partial charge in [0.15, 0.2) is 0 Å². The molecule has 2 heterocycles. The van der Waals surface area contributed by atoms with Gasteiger partial charge in [0, 0.05) is 25.7 Å². The van der Waals surface area contributed by atoms with Crippen LogP contribution in [0.2, 0.25) is 10.0 Å². The molecule has 0 aromatic heterocycles. The van der Waals surface area contributed by atoms with Crippen molar-refractivity contribution in [3.63, 3.8) is 0 Å². The summed E-state index contributed by atoms with van der Waals surface area (Å²) in [5, 5.41) is 7.31. The second kappa shape index (κ2) is 8.31. The number of nitrogens with zero attached hydrogens (tertiary/aromatic N) is 4. The number of hydrogen-bond donors (Lipinski definition) is 0. The van der Waals surface area contributed by atoms with Crippen LogP contribution in [-0.2, 0) is 4.74 Å². The minimum atomic E-state index is 0.440. The van der Waals surface area contributed by atoms with Crippen molar-refractivity contribution in [1.82, 2.24) is 9.91 Å². The van der Waals surface area contributed by atoms with Gasteiger partial charge in [0.25, 0.3) is 0 Å². The van der Waals surface area contributed by atoms with Crippen molar-refractivity contribution in [3.8, 4) is 11.5 Å². The molecule has 0 amide bonds. The first-order chi connectivity index (χ1) is 12.1. The van der Waals surface area contributed by atoms with Crippen molar-refractivity contribution < 1.29 is 14.2 Å². The Morgan fingerprint density at radius 1 is 1.08 bits per heavy atom. The van der Waals surface area contributed by atoms with Gasteiger partial charge in [-0.3, -0.25) is 9.91 Å². The molecule has 1 saturated heterocycles. The third-order valence-electron chi connectivity index (χ3n) is 4.29. The van der Waals surface area contributed by atoms with Gasteiger partial charge in [-0.15, -0.1) is 0 Å². The van der Waals surface area contributed by atoms with Gasteiger partial charge in [-0.05, 0) is 0 Å². The van der Waals surface area contributed by atoms with E-state index in [9.17, 15) is 0 Å². The van der Waals surface area contributed by atoms with Gasteiger partial charge in [0.1, 0.15) is 34.6 Å². The standard InChI is InChI=1S/C16H22Cl2N4O3/c1-23-12-9-13(24-2)15(18)16(14(12)17)21-10-19-22(11-21)4-3-20-5-7-25-8-6-20/h9-10H,3-8,11H2,1-2H3. The van der Waals surface area contributed by atoms with E-state index < -0.39 is 0 Å². The number of ether oxygens (including phenoxy) is 3. The van der Waals surface area contributed by atoms with E-state index in [4.69, 9.17) is 37.4 Å². The van der Waals surface area contributed by atoms with E-state index in [-0.39, 0.29) is 0 Å². The summed E-state index contributed by atoms with van der Waals surface area (Å²) in [5.74, 6) is 1.02. The van der Waals surface area contributed by atoms with E-state index in [1.165, 1.54) is 0 Å². The van der Waals surface area contributed by atoms with Crippen molar-refractivity contribution in [3.05, 3.63) is 16.1 Å². The number of morpholine rings is 1. The Bertz CT molecular complexity index is 610. The Balaban J connectivity index is 1.68. The Kier molecular flexibility index (Phi) is 6.11. The van der Waals surface area contributed by atoms with Crippen molar-refractivity contribution in [1.29, 1.82) is 0 Å². The summed E-state index contributed by atoms with van der Waals surface area (Å²) in [7, 11) is 3.12. The van der Waals surface area contributed by atoms with E-state index in [0.717, 1.165) is 39.4 Å². The molecule has 2 aliphatic heterocycles. The van der Waals surface area contributed by atoms with Gasteiger partial charge in [0.2, 0.25) is 0 Å². The van der Waals surface area contributed by atoms with Crippen LogP contribution in [0, 0.1) is 0 Å². The molecule has 0 bridgehead atoms. The average molecular weight is 389 g/mol. The predicted octanol–water partition coefficient (Wildman–Crippen LogP) is 2.37. The van der Waals surface area contributed by atoms with Crippen LogP contribution in [0.1, 0.15) is 0 Å². The fourth-order valence-electron chi connectivity index (χ4n) is 2.85. The Morgan fingerprint density at radius 2 is 1.72 bits per heavy atom. The normalized spacial score (nSPS) is 18.1. The third-order valence-corrected chi connectivity index (χ3v) is 5.02. The molecule has 1 fully saturated rings. The molecule has 0 radical (unpaired) electrons. The summed E-state index contributed by atoms with van der Waals surface area (Å²) in [6.45, 7) is 5.85. The number of hydrogen-bond acceptors (Lipinski definition) is 7. The second-order valence-corrected chi connectivity index (χ2v) is 6.54. The molecule has 0 N–H and O–H groups in total. The fraction of sp³-hybridized carbons (Fsp3) is 0.562. The summed E-state index contributed by atoms with van der Waals surface area (Å²) in [4.78, 5) is 4.27. The number of benzene rings is 1. The Hall–Kier alpha value is -1.41. The molecule has 0 unspecified atom stereocenters. The van der Waals surface area contributed by atoms with Crippen LogP contribution in [0.25, 0.3) is 0 Å². The molecule has 138 valence electrons. The zero-order chi connectivity index (χ0) is 17.8. The van der Waals surface area contributed by atoms with Gasteiger partial charge in [-0.2, -0.15) is 5.10 Å². The lowest BCUT2D eigenvalue weighted by Gasteiger charge is -2.28. The molecule has 9 heteroatoms. The lowest BCUT2D eigenvalue weighted by molar-refractivity contribution is 0.0340. The predicted molar refractivity (Wildman–Crippen MR) is 99.4 cm³/mol. The van der Waals surface area contributed by atoms with Crippen LogP contribution in [0.3, 0.4) is 0 Å². The van der Waals surface area contributed by atoms with Crippen LogP contribution in [-0.4, -0.2) is 76.5 Å². The first kappa shape index (κ1) is 18.4. The summed E-state index contributed by atoms with van der Waals surface area (Å²) in [6, 6.07) is 1.68. The van der Waals surface area contributed by atoms with E-state index in [1.54, 1.807) is 26.6 Å². The largest absolute Gasteiger partial charge is 0.495 e. The smallest absolute Gasteiger partial charge is 0.143 e. The van der Waals surface area contributed by atoms with Crippen LogP contribution in [0.15, 0.2) is 11.2 Å². The fourth-order valence-corrected chi connectivity index (χ4v) is 3.57. The molecule has 0 saturated carbocycles. The third kappa shape index (κ3) is 4.06. The minimum Gasteiger partial charge on any atom is -0.495 e. The van der Waals surface area contributed by atoms with E-state index in [0.29, 0.717) is 33.9 Å². The van der Waals surface area contributed by atoms with Crippen LogP contribution in [0.4, 0.5) is 5.69 Å². The summed E-state index contributed by atoms with van der Waals surface area (Å²) >= 11 is 12.9. The number of methoxy groups -OCH3 is 2. The summed E-state index contributed by atoms with van der Waals surface area (Å²) < 4.78 is 16.0. The summed E-state index contributed by atoms with van der Waals surface area (Å²) in [6.07, 6.45) is 1.73. The average Bonchev–Trinajstić information content (AvgIpc) is 3.10. The zero-order valence-corrected chi connectivity index (χ0v) is 15.9. The molecule has 7 nitrogen and oxygen atoms in total. The highest BCUT2D eigenvalue weighted by molar-refractivity contribution is 6.41. The van der Waals surface area contributed by atoms with Crippen LogP contribution >= 0.6 is 23.2 Å². The molecule has 2 aliphatic rings. The highest BCUT2D eigenvalue weighted by Gasteiger charge is 2.25. The maximum Gasteiger partial charge on any atom is 0.143 e. The number of halogens is 2. The first-order valence-electron chi connectivity index (χ1n) is 8.09. The van der Waals surface area contributed by atoms with Gasteiger partial charge in [0.05, 0.1) is 39.7 Å². The Labute approximate surface area is 157 Å². The molecule has 1 aromatic carbocycles. The van der Waals surface area contributed by atoms with Crippen molar-refractivity contribution in [2.75, 3.05) is 65.2 Å². The lowest BCUT2D eigenvalue weighted by atomic mass is 10.2. The number of anilines is 1. The highest BCUT2D eigenvalue weighted by atomic mass is 35.5. The molecule has 0 atom stereocenters. The van der Waals surface area contributed by atoms with E-state index in [1.807, 2.05) is 9.91 Å². The van der Waals surface area contributed by atoms with Crippen molar-refractivity contribution in [2.45, 2.75) is 0 Å². The van der Waals surface area contributed by atoms with Gasteiger partial charge in [-0.25, -0.2) is 0 Å². The quantitative estimate of drug-likeness (QED) is 0.745. The SMILES string of the molecule is COc1cc(OC)c(Cl)c(N2C=NN(CCN3CCOCC3)C2)c1Cl. The molecule has 0 spiro atoms. The van der Waals surface area contributed by atoms with Crippen molar-refractivity contribution in [2.24, 2.45) is 5.10 Å². The molecule has 0 aliphatic carbocycles. The minimum absolute atomic E-state index is 0.440. The van der Waals surface area contributed by atoms with Gasteiger partial charge in [-0.1, -0.05) is 23.2 Å². The number of rotatable bonds is 6. The highest BCUT2D eigenvalue weighted by Crippen LogP contribution is 2.46. The monoisotopic (exact) mass is 388 g/mol. The molecule has 1 aromatic rings. The first-order valence-corrected chi connectivity index (χ1v) is 8.85. The van der Waals surface area contributed by atoms with E-state index >= 15 is 0 Å². The van der Waals surface area contributed by atoms with Crippen LogP contribution < -0.4 is 14.4 Å². The Morgan fingerprint density at radius 3 is 2.32 bits per heavy atom. The number of hydrazone groups is 1. The molecular formula is C16H22Cl2N4O3. The maximum atomic E-state index is 6.46. The molecule has 3 rings (SSSR count). The maximum absolute atomic E-state index is 6.46. The second-order valence-electron chi connectivity index (χ2n) is 5.78. The van der Waals surface area contributed by atoms with E-state index in [2.05, 4.69) is 10.0 Å².